The van der Waals surface area contributed by atoms with E-state index in [1.54, 1.807) is 6.07 Å². The molecule has 0 amide bonds. The molecule has 134 valence electrons. The summed E-state index contributed by atoms with van der Waals surface area (Å²) in [6.07, 6.45) is 12.1. The SMILES string of the molecule is Fc1cc2ccc1COc1nc(ncc1F)C1=CCC(C/C=C\C2)CC1. The van der Waals surface area contributed by atoms with Crippen LogP contribution in [0, 0.1) is 17.6 Å². The van der Waals surface area contributed by atoms with Gasteiger partial charge in [-0.15, -0.1) is 0 Å². The fourth-order valence-corrected chi connectivity index (χ4v) is 3.40. The minimum atomic E-state index is -0.637. The molecule has 5 heteroatoms. The lowest BCUT2D eigenvalue weighted by Gasteiger charge is -2.20. The molecule has 2 aromatic rings. The molecular formula is C21H20F2N2O. The number of allylic oxidation sites excluding steroid dienone is 4. The number of ether oxygens (including phenoxy) is 1. The Balaban J connectivity index is 1.69. The van der Waals surface area contributed by atoms with Crippen LogP contribution in [0.4, 0.5) is 8.78 Å². The highest BCUT2D eigenvalue weighted by atomic mass is 19.1. The van der Waals surface area contributed by atoms with E-state index in [2.05, 4.69) is 28.2 Å². The van der Waals surface area contributed by atoms with E-state index >= 15 is 0 Å². The van der Waals surface area contributed by atoms with Gasteiger partial charge in [0.05, 0.1) is 6.20 Å². The molecule has 4 aliphatic heterocycles. The maximum absolute atomic E-state index is 14.3. The molecule has 6 bridgehead atoms. The van der Waals surface area contributed by atoms with Crippen molar-refractivity contribution in [3.05, 3.63) is 71.2 Å². The van der Waals surface area contributed by atoms with Gasteiger partial charge >= 0.3 is 0 Å². The molecule has 26 heavy (non-hydrogen) atoms. The Labute approximate surface area is 151 Å². The van der Waals surface area contributed by atoms with E-state index in [-0.39, 0.29) is 18.3 Å². The van der Waals surface area contributed by atoms with Crippen LogP contribution in [0.15, 0.2) is 42.6 Å². The van der Waals surface area contributed by atoms with Gasteiger partial charge in [0.1, 0.15) is 12.4 Å². The van der Waals surface area contributed by atoms with Crippen LogP contribution in [-0.2, 0) is 13.0 Å². The van der Waals surface area contributed by atoms with Gasteiger partial charge in [-0.25, -0.2) is 9.37 Å². The zero-order valence-electron chi connectivity index (χ0n) is 14.4. The standard InChI is InChI=1S/C21H20F2N2O/c22-18-11-15-4-2-1-3-14-5-8-16(9-6-14)20-24-12-19(23)21(25-20)26-13-17(18)10-7-15/h1-2,7-8,10-12,14H,3-6,9,13H2/b2-1-. The topological polar surface area (TPSA) is 35.0 Å². The molecule has 5 aliphatic rings. The first-order valence-electron chi connectivity index (χ1n) is 8.96. The number of halogens is 2. The van der Waals surface area contributed by atoms with E-state index in [4.69, 9.17) is 4.74 Å². The van der Waals surface area contributed by atoms with Crippen molar-refractivity contribution in [3.63, 3.8) is 0 Å². The van der Waals surface area contributed by atoms with E-state index in [9.17, 15) is 8.78 Å². The highest BCUT2D eigenvalue weighted by molar-refractivity contribution is 5.60. The second kappa shape index (κ2) is 7.36. The summed E-state index contributed by atoms with van der Waals surface area (Å²) in [5.74, 6) is -0.0381. The Hall–Kier alpha value is -2.56. The van der Waals surface area contributed by atoms with Crippen LogP contribution in [0.25, 0.3) is 5.57 Å². The van der Waals surface area contributed by atoms with E-state index in [1.165, 1.54) is 6.07 Å². The summed E-state index contributed by atoms with van der Waals surface area (Å²) >= 11 is 0. The van der Waals surface area contributed by atoms with Crippen molar-refractivity contribution in [3.8, 4) is 5.88 Å². The maximum atomic E-state index is 14.3. The molecule has 1 aromatic carbocycles. The molecule has 0 N–H and O–H groups in total. The van der Waals surface area contributed by atoms with Gasteiger partial charge in [-0.1, -0.05) is 30.4 Å². The van der Waals surface area contributed by atoms with Crippen molar-refractivity contribution in [1.29, 1.82) is 0 Å². The first-order chi connectivity index (χ1) is 12.7. The van der Waals surface area contributed by atoms with Gasteiger partial charge in [-0.3, -0.25) is 0 Å². The highest BCUT2D eigenvalue weighted by Gasteiger charge is 2.18. The molecule has 1 aromatic heterocycles. The second-order valence-corrected chi connectivity index (χ2v) is 6.84. The molecule has 0 fully saturated rings. The second-order valence-electron chi connectivity index (χ2n) is 6.84. The number of aromatic nitrogens is 2. The predicted octanol–water partition coefficient (Wildman–Crippen LogP) is 5.02. The molecule has 0 radical (unpaired) electrons. The normalized spacial score (nSPS) is 21.0. The molecule has 3 nitrogen and oxygen atoms in total. The van der Waals surface area contributed by atoms with Crippen molar-refractivity contribution in [1.82, 2.24) is 9.97 Å². The Bertz CT molecular complexity index is 876. The van der Waals surface area contributed by atoms with Crippen LogP contribution in [0.2, 0.25) is 0 Å². The summed E-state index contributed by atoms with van der Waals surface area (Å²) in [6.45, 7) is -0.0730. The van der Waals surface area contributed by atoms with Crippen LogP contribution in [0.3, 0.4) is 0 Å². The Morgan fingerprint density at radius 2 is 2.00 bits per heavy atom. The van der Waals surface area contributed by atoms with Gasteiger partial charge in [0, 0.05) is 5.56 Å². The van der Waals surface area contributed by atoms with E-state index in [1.807, 2.05) is 6.07 Å². The van der Waals surface area contributed by atoms with Gasteiger partial charge in [0.25, 0.3) is 5.88 Å². The first kappa shape index (κ1) is 16.9. The van der Waals surface area contributed by atoms with Crippen molar-refractivity contribution >= 4 is 5.57 Å². The third-order valence-electron chi connectivity index (χ3n) is 4.99. The van der Waals surface area contributed by atoms with E-state index < -0.39 is 5.82 Å². The van der Waals surface area contributed by atoms with E-state index in [0.29, 0.717) is 23.7 Å². The molecule has 0 spiro atoms. The summed E-state index contributed by atoms with van der Waals surface area (Å²) in [5.41, 5.74) is 2.31. The maximum Gasteiger partial charge on any atom is 0.254 e. The molecule has 1 aliphatic carbocycles. The van der Waals surface area contributed by atoms with Gasteiger partial charge in [0.15, 0.2) is 5.82 Å². The smallest absolute Gasteiger partial charge is 0.254 e. The lowest BCUT2D eigenvalue weighted by Crippen LogP contribution is -2.08. The van der Waals surface area contributed by atoms with Crippen LogP contribution in [0.1, 0.15) is 42.6 Å². The van der Waals surface area contributed by atoms with Crippen molar-refractivity contribution in [2.45, 2.75) is 38.7 Å². The predicted molar refractivity (Wildman–Crippen MR) is 95.5 cm³/mol. The summed E-state index contributed by atoms with van der Waals surface area (Å²) in [7, 11) is 0. The first-order valence-corrected chi connectivity index (χ1v) is 8.96. The molecule has 5 heterocycles. The van der Waals surface area contributed by atoms with Crippen LogP contribution >= 0.6 is 0 Å². The number of nitrogens with zero attached hydrogens (tertiary/aromatic N) is 2. The Kier molecular flexibility index (Phi) is 4.78. The van der Waals surface area contributed by atoms with Crippen LogP contribution < -0.4 is 4.74 Å². The fourth-order valence-electron chi connectivity index (χ4n) is 3.40. The molecule has 7 rings (SSSR count). The lowest BCUT2D eigenvalue weighted by molar-refractivity contribution is 0.270. The van der Waals surface area contributed by atoms with Crippen molar-refractivity contribution in [2.75, 3.05) is 0 Å². The number of benzene rings is 1. The molecular weight excluding hydrogens is 334 g/mol. The summed E-state index contributed by atoms with van der Waals surface area (Å²) in [6, 6.07) is 5.07. The summed E-state index contributed by atoms with van der Waals surface area (Å²) in [4.78, 5) is 8.34. The largest absolute Gasteiger partial charge is 0.471 e. The van der Waals surface area contributed by atoms with Crippen LogP contribution in [0.5, 0.6) is 5.88 Å². The molecule has 0 saturated carbocycles. The molecule has 0 saturated heterocycles. The van der Waals surface area contributed by atoms with Gasteiger partial charge < -0.3 is 4.74 Å². The third-order valence-corrected chi connectivity index (χ3v) is 4.99. The highest BCUT2D eigenvalue weighted by Crippen LogP contribution is 2.31. The van der Waals surface area contributed by atoms with Gasteiger partial charge in [-0.2, -0.15) is 9.37 Å². The number of hydrogen-bond donors (Lipinski definition) is 0. The number of rotatable bonds is 0. The molecule has 1 atom stereocenters. The summed E-state index contributed by atoms with van der Waals surface area (Å²) in [5, 5.41) is 0. The van der Waals surface area contributed by atoms with Gasteiger partial charge in [-0.05, 0) is 55.2 Å². The minimum Gasteiger partial charge on any atom is -0.471 e. The zero-order chi connectivity index (χ0) is 17.9. The Morgan fingerprint density at radius 1 is 1.08 bits per heavy atom. The number of hydrogen-bond acceptors (Lipinski definition) is 3. The van der Waals surface area contributed by atoms with Crippen molar-refractivity contribution in [2.24, 2.45) is 5.92 Å². The molecule has 1 unspecified atom stereocenters. The Morgan fingerprint density at radius 3 is 2.81 bits per heavy atom. The average molecular weight is 354 g/mol. The monoisotopic (exact) mass is 354 g/mol. The van der Waals surface area contributed by atoms with E-state index in [0.717, 1.165) is 43.0 Å². The third kappa shape index (κ3) is 3.66. The summed E-state index contributed by atoms with van der Waals surface area (Å²) < 4.78 is 33.8. The minimum absolute atomic E-state index is 0.0730. The van der Waals surface area contributed by atoms with Crippen LogP contribution in [-0.4, -0.2) is 9.97 Å². The van der Waals surface area contributed by atoms with Gasteiger partial charge in [0.2, 0.25) is 5.82 Å². The zero-order valence-corrected chi connectivity index (χ0v) is 14.4. The quantitative estimate of drug-likeness (QED) is 0.623. The fraction of sp³-hybridized carbons (Fsp3) is 0.333. The average Bonchev–Trinajstić information content (AvgIpc) is 2.66. The lowest BCUT2D eigenvalue weighted by atomic mass is 9.87. The van der Waals surface area contributed by atoms with Crippen molar-refractivity contribution < 1.29 is 13.5 Å².